The summed E-state index contributed by atoms with van der Waals surface area (Å²) >= 11 is 0. The third-order valence-electron chi connectivity index (χ3n) is 4.26. The maximum Gasteiger partial charge on any atom is 0.239 e. The summed E-state index contributed by atoms with van der Waals surface area (Å²) < 4.78 is 0. The van der Waals surface area contributed by atoms with Gasteiger partial charge in [-0.2, -0.15) is 0 Å². The second-order valence-corrected chi connectivity index (χ2v) is 5.79. The molecule has 6 heteroatoms. The van der Waals surface area contributed by atoms with Gasteiger partial charge in [0.05, 0.1) is 18.2 Å². The van der Waals surface area contributed by atoms with Crippen LogP contribution < -0.4 is 15.5 Å². The minimum Gasteiger partial charge on any atom is -0.358 e. The van der Waals surface area contributed by atoms with Crippen molar-refractivity contribution < 1.29 is 14.4 Å². The lowest BCUT2D eigenvalue weighted by atomic mass is 10.1. The van der Waals surface area contributed by atoms with E-state index >= 15 is 0 Å². The molecule has 0 saturated carbocycles. The number of carbonyl (C=O) groups is 3. The molecule has 1 saturated heterocycles. The quantitative estimate of drug-likeness (QED) is 0.882. The second kappa shape index (κ2) is 6.70. The molecule has 2 aromatic rings. The highest BCUT2D eigenvalue weighted by Crippen LogP contribution is 2.31. The number of hydrogen-bond acceptors (Lipinski definition) is 3. The Balaban J connectivity index is 1.77. The van der Waals surface area contributed by atoms with Gasteiger partial charge in [0.15, 0.2) is 0 Å². The molecule has 124 valence electrons. The fraction of sp³-hybridized carbons (Fsp3) is 0.278. The molecule has 1 fully saturated rings. The first kappa shape index (κ1) is 16.0. The standard InChI is InChI=1S/C18H19N3O3/c1-19-16(22)10-20-18(24)13-9-17(23)21(11-13)15-8-4-6-12-5-2-3-7-14(12)15/h2-8,13H,9-11H2,1H3,(H,19,22)(H,20,24). The Hall–Kier alpha value is -2.89. The van der Waals surface area contributed by atoms with Gasteiger partial charge in [-0.05, 0) is 11.5 Å². The molecule has 6 nitrogen and oxygen atoms in total. The Kier molecular flexibility index (Phi) is 4.46. The maximum absolute atomic E-state index is 12.4. The molecule has 1 aliphatic heterocycles. The van der Waals surface area contributed by atoms with Crippen LogP contribution in [0.15, 0.2) is 42.5 Å². The van der Waals surface area contributed by atoms with E-state index in [-0.39, 0.29) is 30.7 Å². The number of anilines is 1. The Morgan fingerprint density at radius 3 is 2.71 bits per heavy atom. The van der Waals surface area contributed by atoms with Crippen molar-refractivity contribution >= 4 is 34.2 Å². The van der Waals surface area contributed by atoms with Crippen molar-refractivity contribution in [2.75, 3.05) is 25.0 Å². The zero-order valence-electron chi connectivity index (χ0n) is 13.4. The van der Waals surface area contributed by atoms with E-state index in [2.05, 4.69) is 10.6 Å². The fourth-order valence-corrected chi connectivity index (χ4v) is 2.96. The second-order valence-electron chi connectivity index (χ2n) is 5.79. The molecule has 2 aromatic carbocycles. The molecule has 3 amide bonds. The Morgan fingerprint density at radius 1 is 1.17 bits per heavy atom. The molecule has 1 unspecified atom stereocenters. The van der Waals surface area contributed by atoms with E-state index in [9.17, 15) is 14.4 Å². The van der Waals surface area contributed by atoms with Gasteiger partial charge in [0.1, 0.15) is 0 Å². The molecule has 1 heterocycles. The van der Waals surface area contributed by atoms with Gasteiger partial charge in [-0.15, -0.1) is 0 Å². The van der Waals surface area contributed by atoms with Crippen LogP contribution in [0.3, 0.4) is 0 Å². The highest BCUT2D eigenvalue weighted by molar-refractivity contribution is 6.07. The van der Waals surface area contributed by atoms with Crippen LogP contribution in [0.25, 0.3) is 10.8 Å². The third kappa shape index (κ3) is 3.08. The molecular formula is C18H19N3O3. The van der Waals surface area contributed by atoms with Crippen molar-refractivity contribution in [1.82, 2.24) is 10.6 Å². The van der Waals surface area contributed by atoms with Gasteiger partial charge in [-0.3, -0.25) is 14.4 Å². The van der Waals surface area contributed by atoms with Gasteiger partial charge < -0.3 is 15.5 Å². The molecule has 0 aliphatic carbocycles. The molecule has 0 radical (unpaired) electrons. The summed E-state index contributed by atoms with van der Waals surface area (Å²) in [7, 11) is 1.51. The summed E-state index contributed by atoms with van der Waals surface area (Å²) in [6.45, 7) is 0.251. The molecule has 1 aliphatic rings. The SMILES string of the molecule is CNC(=O)CNC(=O)C1CC(=O)N(c2cccc3ccccc23)C1. The van der Waals surface area contributed by atoms with E-state index < -0.39 is 5.92 Å². The molecule has 24 heavy (non-hydrogen) atoms. The fourth-order valence-electron chi connectivity index (χ4n) is 2.96. The maximum atomic E-state index is 12.4. The molecule has 0 spiro atoms. The van der Waals surface area contributed by atoms with Crippen molar-refractivity contribution in [2.45, 2.75) is 6.42 Å². The minimum atomic E-state index is -0.443. The average molecular weight is 325 g/mol. The lowest BCUT2D eigenvalue weighted by molar-refractivity contribution is -0.128. The first-order valence-electron chi connectivity index (χ1n) is 7.86. The van der Waals surface area contributed by atoms with E-state index in [1.54, 1.807) is 4.90 Å². The van der Waals surface area contributed by atoms with Crippen molar-refractivity contribution in [1.29, 1.82) is 0 Å². The van der Waals surface area contributed by atoms with E-state index in [1.165, 1.54) is 7.05 Å². The number of fused-ring (bicyclic) bond motifs is 1. The van der Waals surface area contributed by atoms with Crippen LogP contribution in [0.4, 0.5) is 5.69 Å². The smallest absolute Gasteiger partial charge is 0.239 e. The summed E-state index contributed by atoms with van der Waals surface area (Å²) in [5.74, 6) is -1.05. The van der Waals surface area contributed by atoms with Crippen molar-refractivity contribution in [3.05, 3.63) is 42.5 Å². The van der Waals surface area contributed by atoms with Gasteiger partial charge >= 0.3 is 0 Å². The lowest BCUT2D eigenvalue weighted by Crippen LogP contribution is -2.39. The predicted molar refractivity (Wildman–Crippen MR) is 91.5 cm³/mol. The number of nitrogens with zero attached hydrogens (tertiary/aromatic N) is 1. The van der Waals surface area contributed by atoms with Crippen molar-refractivity contribution in [3.8, 4) is 0 Å². The van der Waals surface area contributed by atoms with Crippen LogP contribution in [0.2, 0.25) is 0 Å². The number of likely N-dealkylation sites (N-methyl/N-ethyl adjacent to an activating group) is 1. The summed E-state index contributed by atoms with van der Waals surface area (Å²) in [4.78, 5) is 37.5. The molecule has 3 rings (SSSR count). The van der Waals surface area contributed by atoms with E-state index in [0.29, 0.717) is 6.54 Å². The third-order valence-corrected chi connectivity index (χ3v) is 4.26. The van der Waals surface area contributed by atoms with Crippen LogP contribution >= 0.6 is 0 Å². The summed E-state index contributed by atoms with van der Waals surface area (Å²) in [6.07, 6.45) is 0.156. The summed E-state index contributed by atoms with van der Waals surface area (Å²) in [5.41, 5.74) is 0.819. The highest BCUT2D eigenvalue weighted by Gasteiger charge is 2.35. The van der Waals surface area contributed by atoms with Crippen molar-refractivity contribution in [2.24, 2.45) is 5.92 Å². The molecular weight excluding hydrogens is 306 g/mol. The first-order valence-corrected chi connectivity index (χ1v) is 7.86. The largest absolute Gasteiger partial charge is 0.358 e. The topological polar surface area (TPSA) is 78.5 Å². The van der Waals surface area contributed by atoms with E-state index in [0.717, 1.165) is 16.5 Å². The highest BCUT2D eigenvalue weighted by atomic mass is 16.2. The number of rotatable bonds is 4. The Morgan fingerprint density at radius 2 is 1.92 bits per heavy atom. The van der Waals surface area contributed by atoms with Crippen LogP contribution in [0.1, 0.15) is 6.42 Å². The minimum absolute atomic E-state index is 0.0751. The monoisotopic (exact) mass is 325 g/mol. The normalized spacial score (nSPS) is 17.1. The molecule has 2 N–H and O–H groups in total. The zero-order chi connectivity index (χ0) is 17.1. The zero-order valence-corrected chi connectivity index (χ0v) is 13.4. The van der Waals surface area contributed by atoms with Gasteiger partial charge in [0.25, 0.3) is 0 Å². The first-order chi connectivity index (χ1) is 11.6. The van der Waals surface area contributed by atoms with Gasteiger partial charge in [0, 0.05) is 25.4 Å². The summed E-state index contributed by atoms with van der Waals surface area (Å²) in [6, 6.07) is 13.6. The predicted octanol–water partition coefficient (Wildman–Crippen LogP) is 1.05. The van der Waals surface area contributed by atoms with Crippen LogP contribution in [-0.2, 0) is 14.4 Å². The van der Waals surface area contributed by atoms with Crippen LogP contribution in [0, 0.1) is 5.92 Å². The number of benzene rings is 2. The molecule has 1 atom stereocenters. The van der Waals surface area contributed by atoms with Crippen molar-refractivity contribution in [3.63, 3.8) is 0 Å². The van der Waals surface area contributed by atoms with Gasteiger partial charge in [-0.25, -0.2) is 0 Å². The van der Waals surface area contributed by atoms with E-state index in [4.69, 9.17) is 0 Å². The van der Waals surface area contributed by atoms with E-state index in [1.807, 2.05) is 42.5 Å². The molecule has 0 aromatic heterocycles. The average Bonchev–Trinajstić information content (AvgIpc) is 3.00. The number of nitrogens with one attached hydrogen (secondary N) is 2. The van der Waals surface area contributed by atoms with Gasteiger partial charge in [0.2, 0.25) is 17.7 Å². The number of carbonyl (C=O) groups excluding carboxylic acids is 3. The summed E-state index contributed by atoms with van der Waals surface area (Å²) in [5, 5.41) is 7.06. The molecule has 0 bridgehead atoms. The van der Waals surface area contributed by atoms with Gasteiger partial charge in [-0.1, -0.05) is 36.4 Å². The Labute approximate surface area is 139 Å². The lowest BCUT2D eigenvalue weighted by Gasteiger charge is -2.19. The Bertz CT molecular complexity index is 798. The number of amides is 3. The van der Waals surface area contributed by atoms with Crippen LogP contribution in [-0.4, -0.2) is 37.9 Å². The van der Waals surface area contributed by atoms with Crippen LogP contribution in [0.5, 0.6) is 0 Å². The number of hydrogen-bond donors (Lipinski definition) is 2.